The molecule has 8 nitrogen and oxygen atoms in total. The molecular formula is C16H21N5O3. The molecule has 1 aromatic carbocycles. The Morgan fingerprint density at radius 2 is 1.83 bits per heavy atom. The lowest BCUT2D eigenvalue weighted by Crippen LogP contribution is -2.34. The van der Waals surface area contributed by atoms with Crippen molar-refractivity contribution in [3.8, 4) is 0 Å². The molecule has 0 unspecified atom stereocenters. The van der Waals surface area contributed by atoms with Gasteiger partial charge in [0.05, 0.1) is 11.3 Å². The second-order valence-corrected chi connectivity index (χ2v) is 5.25. The van der Waals surface area contributed by atoms with Crippen LogP contribution in [0, 0.1) is 5.41 Å². The number of nitrogens with one attached hydrogen (secondary N) is 1. The number of nitrogens with two attached hydrogens (primary N) is 1. The fourth-order valence-electron chi connectivity index (χ4n) is 1.88. The molecular weight excluding hydrogens is 310 g/mol. The van der Waals surface area contributed by atoms with Crippen molar-refractivity contribution in [2.75, 3.05) is 19.0 Å². The Morgan fingerprint density at radius 3 is 2.21 bits per heavy atom. The van der Waals surface area contributed by atoms with Crippen molar-refractivity contribution in [1.82, 2.24) is 5.01 Å². The number of carbonyl (C=O) groups excluding carboxylic acids is 1. The zero-order valence-corrected chi connectivity index (χ0v) is 14.1. The van der Waals surface area contributed by atoms with E-state index >= 15 is 0 Å². The number of hydrazone groups is 1. The van der Waals surface area contributed by atoms with Gasteiger partial charge in [0, 0.05) is 26.7 Å². The van der Waals surface area contributed by atoms with Crippen LogP contribution in [0.4, 0.5) is 5.69 Å². The summed E-state index contributed by atoms with van der Waals surface area (Å²) in [6.07, 6.45) is 1.75. The molecule has 8 heteroatoms. The molecule has 4 N–H and O–H groups in total. The summed E-state index contributed by atoms with van der Waals surface area (Å²) in [4.78, 5) is 23.1. The highest BCUT2D eigenvalue weighted by atomic mass is 16.4. The van der Waals surface area contributed by atoms with Crippen LogP contribution in [0.15, 0.2) is 34.9 Å². The van der Waals surface area contributed by atoms with Gasteiger partial charge in [0.25, 0.3) is 11.9 Å². The first-order chi connectivity index (χ1) is 11.1. The van der Waals surface area contributed by atoms with E-state index in [0.29, 0.717) is 11.3 Å². The van der Waals surface area contributed by atoms with Crippen LogP contribution in [0.25, 0.3) is 6.08 Å². The van der Waals surface area contributed by atoms with E-state index in [1.807, 2.05) is 43.3 Å². The SMILES string of the molecule is CC(=O)O.CC1=NN(C(=N)N)C(=O)/C1=C\c1ccc(N(C)C)cc1. The highest BCUT2D eigenvalue weighted by molar-refractivity contribution is 6.29. The van der Waals surface area contributed by atoms with Gasteiger partial charge in [-0.15, -0.1) is 0 Å². The van der Waals surface area contributed by atoms with Gasteiger partial charge in [0.2, 0.25) is 5.96 Å². The molecule has 0 aromatic heterocycles. The average molecular weight is 331 g/mol. The number of benzene rings is 1. The van der Waals surface area contributed by atoms with Gasteiger partial charge in [-0.1, -0.05) is 12.1 Å². The first kappa shape index (κ1) is 18.9. The highest BCUT2D eigenvalue weighted by Crippen LogP contribution is 2.19. The molecule has 0 saturated heterocycles. The Bertz CT molecular complexity index is 701. The number of aliphatic carboxylic acids is 1. The van der Waals surface area contributed by atoms with Crippen molar-refractivity contribution in [2.24, 2.45) is 10.8 Å². The summed E-state index contributed by atoms with van der Waals surface area (Å²) in [6, 6.07) is 7.81. The molecule has 0 saturated carbocycles. The maximum absolute atomic E-state index is 12.1. The molecule has 1 aliphatic rings. The quantitative estimate of drug-likeness (QED) is 0.429. The van der Waals surface area contributed by atoms with E-state index in [9.17, 15) is 4.79 Å². The zero-order chi connectivity index (χ0) is 18.4. The Hall–Kier alpha value is -3.16. The number of anilines is 1. The van der Waals surface area contributed by atoms with Crippen LogP contribution in [-0.4, -0.2) is 47.8 Å². The summed E-state index contributed by atoms with van der Waals surface area (Å²) < 4.78 is 0. The third-order valence-electron chi connectivity index (χ3n) is 3.01. The summed E-state index contributed by atoms with van der Waals surface area (Å²) in [5.74, 6) is -1.58. The van der Waals surface area contributed by atoms with Crippen LogP contribution in [0.5, 0.6) is 0 Å². The van der Waals surface area contributed by atoms with Gasteiger partial charge in [0.1, 0.15) is 0 Å². The van der Waals surface area contributed by atoms with Crippen molar-refractivity contribution < 1.29 is 14.7 Å². The number of amides is 1. The minimum Gasteiger partial charge on any atom is -0.481 e. The van der Waals surface area contributed by atoms with E-state index in [1.165, 1.54) is 0 Å². The molecule has 1 heterocycles. The van der Waals surface area contributed by atoms with Crippen LogP contribution in [0.3, 0.4) is 0 Å². The second-order valence-electron chi connectivity index (χ2n) is 5.25. The lowest BCUT2D eigenvalue weighted by atomic mass is 10.1. The van der Waals surface area contributed by atoms with Gasteiger partial charge in [-0.05, 0) is 30.7 Å². The van der Waals surface area contributed by atoms with Crippen LogP contribution >= 0.6 is 0 Å². The third kappa shape index (κ3) is 4.94. The normalized spacial score (nSPS) is 14.8. The molecule has 0 bridgehead atoms. The smallest absolute Gasteiger partial charge is 0.300 e. The van der Waals surface area contributed by atoms with E-state index in [2.05, 4.69) is 5.10 Å². The fourth-order valence-corrected chi connectivity index (χ4v) is 1.88. The maximum Gasteiger partial charge on any atom is 0.300 e. The lowest BCUT2D eigenvalue weighted by molar-refractivity contribution is -0.134. The number of rotatable bonds is 2. The van der Waals surface area contributed by atoms with E-state index in [0.717, 1.165) is 23.2 Å². The second kappa shape index (κ2) is 7.91. The fraction of sp³-hybridized carbons (Fsp3) is 0.250. The van der Waals surface area contributed by atoms with Crippen molar-refractivity contribution in [3.63, 3.8) is 0 Å². The average Bonchev–Trinajstić information content (AvgIpc) is 2.75. The van der Waals surface area contributed by atoms with Crippen LogP contribution < -0.4 is 10.6 Å². The van der Waals surface area contributed by atoms with E-state index in [-0.39, 0.29) is 11.9 Å². The van der Waals surface area contributed by atoms with Gasteiger partial charge < -0.3 is 15.7 Å². The van der Waals surface area contributed by atoms with Gasteiger partial charge in [-0.3, -0.25) is 15.0 Å². The Labute approximate surface area is 140 Å². The zero-order valence-electron chi connectivity index (χ0n) is 14.1. The first-order valence-electron chi connectivity index (χ1n) is 7.06. The third-order valence-corrected chi connectivity index (χ3v) is 3.01. The van der Waals surface area contributed by atoms with Crippen LogP contribution in [-0.2, 0) is 9.59 Å². The first-order valence-corrected chi connectivity index (χ1v) is 7.06. The molecule has 0 aliphatic carbocycles. The van der Waals surface area contributed by atoms with Crippen molar-refractivity contribution in [1.29, 1.82) is 5.41 Å². The largest absolute Gasteiger partial charge is 0.481 e. The van der Waals surface area contributed by atoms with Crippen molar-refractivity contribution in [2.45, 2.75) is 13.8 Å². The number of guanidine groups is 1. The summed E-state index contributed by atoms with van der Waals surface area (Å²) in [7, 11) is 3.94. The number of carboxylic acids is 1. The maximum atomic E-state index is 12.1. The number of carboxylic acid groups (broad SMARTS) is 1. The summed E-state index contributed by atoms with van der Waals surface area (Å²) >= 11 is 0. The monoisotopic (exact) mass is 331 g/mol. The number of hydrogen-bond acceptors (Lipinski definition) is 5. The predicted molar refractivity (Wildman–Crippen MR) is 93.9 cm³/mol. The molecule has 1 amide bonds. The summed E-state index contributed by atoms with van der Waals surface area (Å²) in [5, 5.41) is 19.6. The molecule has 1 aliphatic heterocycles. The summed E-state index contributed by atoms with van der Waals surface area (Å²) in [5.41, 5.74) is 8.31. The van der Waals surface area contributed by atoms with E-state index in [4.69, 9.17) is 21.0 Å². The van der Waals surface area contributed by atoms with Crippen LogP contribution in [0.1, 0.15) is 19.4 Å². The molecule has 0 spiro atoms. The molecule has 0 atom stereocenters. The molecule has 128 valence electrons. The Balaban J connectivity index is 0.000000648. The standard InChI is InChI=1S/C14H17N5O.C2H4O2/c1-9-12(13(20)19(17-9)14(15)16)8-10-4-6-11(7-5-10)18(2)3;1-2(3)4/h4-8H,1-3H3,(H3,15,16);1H3,(H,3,4)/b12-8-;. The Morgan fingerprint density at radius 1 is 1.33 bits per heavy atom. The van der Waals surface area contributed by atoms with E-state index < -0.39 is 5.97 Å². The number of hydrogen-bond donors (Lipinski definition) is 3. The molecule has 0 fully saturated rings. The lowest BCUT2D eigenvalue weighted by Gasteiger charge is -2.12. The molecule has 2 rings (SSSR count). The minimum atomic E-state index is -0.833. The summed E-state index contributed by atoms with van der Waals surface area (Å²) in [6.45, 7) is 2.81. The van der Waals surface area contributed by atoms with Crippen LogP contribution in [0.2, 0.25) is 0 Å². The number of carbonyl (C=O) groups is 2. The predicted octanol–water partition coefficient (Wildman–Crippen LogP) is 1.34. The van der Waals surface area contributed by atoms with Gasteiger partial charge >= 0.3 is 0 Å². The minimum absolute atomic E-state index is 0.369. The van der Waals surface area contributed by atoms with E-state index in [1.54, 1.807) is 13.0 Å². The van der Waals surface area contributed by atoms with Crippen molar-refractivity contribution >= 4 is 35.3 Å². The topological polar surface area (TPSA) is 123 Å². The molecule has 1 aromatic rings. The number of nitrogens with zero attached hydrogens (tertiary/aromatic N) is 3. The molecule has 24 heavy (non-hydrogen) atoms. The Kier molecular flexibility index (Phi) is 6.22. The highest BCUT2D eigenvalue weighted by Gasteiger charge is 2.29. The molecule has 0 radical (unpaired) electrons. The van der Waals surface area contributed by atoms with Gasteiger partial charge in [-0.25, -0.2) is 0 Å². The van der Waals surface area contributed by atoms with Crippen molar-refractivity contribution in [3.05, 3.63) is 35.4 Å². The van der Waals surface area contributed by atoms with Gasteiger partial charge in [0.15, 0.2) is 0 Å². The van der Waals surface area contributed by atoms with Gasteiger partial charge in [-0.2, -0.15) is 10.1 Å².